The first-order valence-corrected chi connectivity index (χ1v) is 17.1. The van der Waals surface area contributed by atoms with Crippen LogP contribution in [-0.2, 0) is 5.41 Å². The van der Waals surface area contributed by atoms with E-state index in [1.54, 1.807) is 0 Å². The van der Waals surface area contributed by atoms with Crippen molar-refractivity contribution in [2.24, 2.45) is 0 Å². The van der Waals surface area contributed by atoms with Crippen molar-refractivity contribution in [3.05, 3.63) is 156 Å². The summed E-state index contributed by atoms with van der Waals surface area (Å²) in [7, 11) is 0.808. The molecule has 0 bridgehead atoms. The van der Waals surface area contributed by atoms with Gasteiger partial charge in [0.05, 0.1) is 11.4 Å². The molecule has 6 nitrogen and oxygen atoms in total. The van der Waals surface area contributed by atoms with Gasteiger partial charge in [-0.05, 0) is 40.5 Å². The van der Waals surface area contributed by atoms with E-state index in [-0.39, 0.29) is 5.41 Å². The molecule has 0 radical (unpaired) electrons. The quantitative estimate of drug-likeness (QED) is 0.144. The van der Waals surface area contributed by atoms with Gasteiger partial charge in [-0.25, -0.2) is 9.97 Å². The van der Waals surface area contributed by atoms with Gasteiger partial charge in [-0.15, -0.1) is 0 Å². The van der Waals surface area contributed by atoms with Crippen LogP contribution < -0.4 is 0 Å². The van der Waals surface area contributed by atoms with E-state index in [0.717, 1.165) is 63.1 Å². The second-order valence-corrected chi connectivity index (χ2v) is 13.2. The monoisotopic (exact) mass is 661 g/mol. The minimum Gasteiger partial charge on any atom is -0.443 e. The summed E-state index contributed by atoms with van der Waals surface area (Å²) < 4.78 is 7.92. The second-order valence-electron chi connectivity index (χ2n) is 13.2. The molecule has 4 aromatic carbocycles. The zero-order valence-electron chi connectivity index (χ0n) is 29.0. The Morgan fingerprint density at radius 2 is 1.39 bits per heavy atom. The van der Waals surface area contributed by atoms with Crippen LogP contribution in [-0.4, -0.2) is 31.8 Å². The van der Waals surface area contributed by atoms with Crippen LogP contribution in [0.2, 0.25) is 6.82 Å². The van der Waals surface area contributed by atoms with Gasteiger partial charge in [0, 0.05) is 33.2 Å². The lowest BCUT2D eigenvalue weighted by atomic mass is 9.67. The van der Waals surface area contributed by atoms with Crippen molar-refractivity contribution in [2.75, 3.05) is 0 Å². The molecule has 246 valence electrons. The highest BCUT2D eigenvalue weighted by molar-refractivity contribution is 6.61. The smallest absolute Gasteiger partial charge is 0.238 e. The van der Waals surface area contributed by atoms with Crippen LogP contribution in [0.15, 0.2) is 122 Å². The maximum atomic E-state index is 5.90. The van der Waals surface area contributed by atoms with Gasteiger partial charge < -0.3 is 4.42 Å². The van der Waals surface area contributed by atoms with Crippen LogP contribution in [0, 0.1) is 0 Å². The Bertz CT molecular complexity index is 2480. The van der Waals surface area contributed by atoms with Crippen LogP contribution in [0.25, 0.3) is 80.7 Å². The Morgan fingerprint density at radius 3 is 2.00 bits per heavy atom. The number of oxazole rings is 1. The fraction of sp³-hybridized carbons (Fsp3) is 0.0909. The van der Waals surface area contributed by atoms with Crippen molar-refractivity contribution in [2.45, 2.75) is 26.1 Å². The lowest BCUT2D eigenvalue weighted by molar-refractivity contribution is 0.601. The second kappa shape index (κ2) is 12.5. The Hall–Kier alpha value is -6.34. The third-order valence-corrected chi connectivity index (χ3v) is 10.0. The van der Waals surface area contributed by atoms with Crippen molar-refractivity contribution >= 4 is 48.2 Å². The van der Waals surface area contributed by atoms with Crippen LogP contribution in [0.5, 0.6) is 0 Å². The fourth-order valence-electron chi connectivity index (χ4n) is 7.43. The summed E-state index contributed by atoms with van der Waals surface area (Å²) in [5.74, 6) is 1.63. The van der Waals surface area contributed by atoms with Crippen LogP contribution in [0.3, 0.4) is 0 Å². The number of aromatic nitrogens is 5. The Balaban J connectivity index is 1.31. The molecule has 0 fully saturated rings. The summed E-state index contributed by atoms with van der Waals surface area (Å²) in [5, 5.41) is 0. The van der Waals surface area contributed by atoms with E-state index < -0.39 is 0 Å². The van der Waals surface area contributed by atoms with E-state index in [4.69, 9.17) is 19.4 Å². The average molecular weight is 662 g/mol. The molecule has 0 N–H and O–H groups in total. The summed E-state index contributed by atoms with van der Waals surface area (Å²) in [4.78, 5) is 19.4. The normalized spacial score (nSPS) is 13.1. The molecule has 0 amide bonds. The van der Waals surface area contributed by atoms with Gasteiger partial charge in [-0.3, -0.25) is 4.57 Å². The number of hydrogen-bond acceptors (Lipinski definition) is 5. The number of rotatable bonds is 9. The summed E-state index contributed by atoms with van der Waals surface area (Å²) in [5.41, 5.74) is 14.0. The zero-order chi connectivity index (χ0) is 35.3. The Labute approximate surface area is 298 Å². The predicted octanol–water partition coefficient (Wildman–Crippen LogP) is 10.4. The van der Waals surface area contributed by atoms with Gasteiger partial charge in [0.25, 0.3) is 0 Å². The molecule has 7 aromatic rings. The highest BCUT2D eigenvalue weighted by Gasteiger charge is 2.38. The van der Waals surface area contributed by atoms with E-state index >= 15 is 0 Å². The lowest BCUT2D eigenvalue weighted by Gasteiger charge is -2.22. The zero-order valence-corrected chi connectivity index (χ0v) is 29.0. The maximum absolute atomic E-state index is 5.90. The maximum Gasteiger partial charge on any atom is 0.238 e. The molecule has 0 saturated carbocycles. The number of hydrogen-bond donors (Lipinski definition) is 0. The van der Waals surface area contributed by atoms with Crippen molar-refractivity contribution < 1.29 is 4.42 Å². The standard InChI is InChI=1S/C44H36BN5O/c1-7-30-32(25-35(45-6)29-20-21-31-34(24-29)44(4,5)33-22-23-36-40(39(31)33)51-26-46-36)38(9-3)50(37(30)8-2)43-48-41(27-16-12-10-13-17-27)47-42(49-43)28-18-14-11-15-19-28/h7-26,45H,1-3H2,4-6H3/b35-25-. The van der Waals surface area contributed by atoms with Gasteiger partial charge in [0.1, 0.15) is 5.52 Å². The summed E-state index contributed by atoms with van der Waals surface area (Å²) in [6.07, 6.45) is 9.35. The highest BCUT2D eigenvalue weighted by atomic mass is 16.3. The molecule has 7 heteroatoms. The molecule has 3 heterocycles. The van der Waals surface area contributed by atoms with Crippen molar-refractivity contribution in [3.63, 3.8) is 0 Å². The SMILES string of the molecule is C=Cc1c(/C=C(\BC)c2ccc3c(c2)C(C)(C)c2ccc4ncoc4c2-3)c(C=C)n(-c2nc(-c3ccccc3)nc(-c3ccccc3)n2)c1C=C. The van der Waals surface area contributed by atoms with Gasteiger partial charge in [-0.1, -0.05) is 143 Å². The minimum atomic E-state index is -0.204. The summed E-state index contributed by atoms with van der Waals surface area (Å²) in [6.45, 7) is 19.5. The fourth-order valence-corrected chi connectivity index (χ4v) is 7.43. The number of benzene rings is 4. The van der Waals surface area contributed by atoms with Gasteiger partial charge >= 0.3 is 0 Å². The number of nitrogens with zero attached hydrogens (tertiary/aromatic N) is 5. The van der Waals surface area contributed by atoms with Crippen molar-refractivity contribution in [3.8, 4) is 39.9 Å². The van der Waals surface area contributed by atoms with E-state index in [1.807, 2.05) is 83.5 Å². The van der Waals surface area contributed by atoms with Gasteiger partial charge in [0.15, 0.2) is 30.9 Å². The predicted molar refractivity (Wildman–Crippen MR) is 213 cm³/mol. The molecule has 0 atom stereocenters. The first-order valence-electron chi connectivity index (χ1n) is 17.1. The first-order chi connectivity index (χ1) is 24.9. The molecular weight excluding hydrogens is 625 g/mol. The van der Waals surface area contributed by atoms with E-state index in [2.05, 4.69) is 81.8 Å². The molecular formula is C44H36BN5O. The third kappa shape index (κ3) is 5.12. The molecule has 0 spiro atoms. The number of fused-ring (bicyclic) bond motifs is 5. The minimum absolute atomic E-state index is 0.204. The Kier molecular flexibility index (Phi) is 7.83. The topological polar surface area (TPSA) is 69.6 Å². The highest BCUT2D eigenvalue weighted by Crippen LogP contribution is 2.51. The molecule has 3 aromatic heterocycles. The summed E-state index contributed by atoms with van der Waals surface area (Å²) in [6, 6.07) is 31.0. The van der Waals surface area contributed by atoms with Crippen LogP contribution in [0.4, 0.5) is 0 Å². The molecule has 51 heavy (non-hydrogen) atoms. The lowest BCUT2D eigenvalue weighted by Crippen LogP contribution is -2.15. The third-order valence-electron chi connectivity index (χ3n) is 10.0. The molecule has 0 saturated heterocycles. The average Bonchev–Trinajstić information content (AvgIpc) is 3.84. The summed E-state index contributed by atoms with van der Waals surface area (Å²) >= 11 is 0. The largest absolute Gasteiger partial charge is 0.443 e. The van der Waals surface area contributed by atoms with Crippen molar-refractivity contribution in [1.82, 2.24) is 24.5 Å². The molecule has 1 aliphatic rings. The van der Waals surface area contributed by atoms with E-state index in [1.165, 1.54) is 28.6 Å². The molecule has 0 aliphatic heterocycles. The van der Waals surface area contributed by atoms with Gasteiger partial charge in [-0.2, -0.15) is 9.97 Å². The van der Waals surface area contributed by atoms with Crippen LogP contribution in [0.1, 0.15) is 53.1 Å². The molecule has 1 aliphatic carbocycles. The first kappa shape index (κ1) is 31.9. The van der Waals surface area contributed by atoms with Crippen molar-refractivity contribution in [1.29, 1.82) is 0 Å². The van der Waals surface area contributed by atoms with Crippen LogP contribution >= 0.6 is 0 Å². The molecule has 0 unspecified atom stereocenters. The van der Waals surface area contributed by atoms with E-state index in [0.29, 0.717) is 17.6 Å². The van der Waals surface area contributed by atoms with E-state index in [9.17, 15) is 0 Å². The molecule has 8 rings (SSSR count). The Morgan fingerprint density at radius 1 is 0.745 bits per heavy atom. The van der Waals surface area contributed by atoms with Gasteiger partial charge in [0.2, 0.25) is 5.95 Å².